The van der Waals surface area contributed by atoms with Gasteiger partial charge in [-0.05, 0) is 37.8 Å². The lowest BCUT2D eigenvalue weighted by molar-refractivity contribution is -0.147. The molecule has 1 N–H and O–H groups in total. The molecule has 1 fully saturated rings. The Hall–Kier alpha value is -0.860. The van der Waals surface area contributed by atoms with Crippen LogP contribution in [0.3, 0.4) is 0 Å². The summed E-state index contributed by atoms with van der Waals surface area (Å²) in [6.45, 7) is 8.71. The normalized spacial score (nSPS) is 24.4. The van der Waals surface area contributed by atoms with Crippen molar-refractivity contribution in [2.75, 3.05) is 6.54 Å². The van der Waals surface area contributed by atoms with Crippen molar-refractivity contribution in [2.45, 2.75) is 65.2 Å². The number of nitrogens with one attached hydrogen (secondary N) is 1. The van der Waals surface area contributed by atoms with Crippen LogP contribution < -0.4 is 5.32 Å². The predicted octanol–water partition coefficient (Wildman–Crippen LogP) is 4.15. The van der Waals surface area contributed by atoms with E-state index in [2.05, 4.69) is 56.4 Å². The molecule has 1 aromatic carbocycles. The third-order valence-electron chi connectivity index (χ3n) is 5.04. The van der Waals surface area contributed by atoms with Crippen LogP contribution in [0.5, 0.6) is 0 Å². The molecule has 112 valence electrons. The van der Waals surface area contributed by atoms with Crippen LogP contribution >= 0.6 is 0 Å². The van der Waals surface area contributed by atoms with Gasteiger partial charge < -0.3 is 10.1 Å². The highest BCUT2D eigenvalue weighted by Crippen LogP contribution is 2.49. The quantitative estimate of drug-likeness (QED) is 0.769. The molecule has 0 spiro atoms. The summed E-state index contributed by atoms with van der Waals surface area (Å²) in [6.07, 6.45) is 5.17. The summed E-state index contributed by atoms with van der Waals surface area (Å²) in [5.41, 5.74) is 1.61. The van der Waals surface area contributed by atoms with Crippen LogP contribution in [0.1, 0.15) is 52.0 Å². The number of rotatable bonds is 8. The number of benzene rings is 1. The molecule has 1 aliphatic rings. The molecule has 0 radical (unpaired) electrons. The van der Waals surface area contributed by atoms with Crippen molar-refractivity contribution in [3.8, 4) is 0 Å². The minimum atomic E-state index is 0.337. The average molecular weight is 275 g/mol. The van der Waals surface area contributed by atoms with E-state index in [0.29, 0.717) is 17.6 Å². The van der Waals surface area contributed by atoms with Crippen LogP contribution in [-0.2, 0) is 11.3 Å². The van der Waals surface area contributed by atoms with Gasteiger partial charge in [-0.1, -0.05) is 51.1 Å². The number of ether oxygens (including phenoxy) is 1. The van der Waals surface area contributed by atoms with Gasteiger partial charge in [0.2, 0.25) is 0 Å². The highest BCUT2D eigenvalue weighted by atomic mass is 16.5. The van der Waals surface area contributed by atoms with Crippen molar-refractivity contribution < 1.29 is 4.74 Å². The van der Waals surface area contributed by atoms with Crippen LogP contribution in [-0.4, -0.2) is 18.7 Å². The van der Waals surface area contributed by atoms with Gasteiger partial charge in [0.25, 0.3) is 0 Å². The molecule has 0 aliphatic heterocycles. The van der Waals surface area contributed by atoms with Crippen LogP contribution in [0.2, 0.25) is 0 Å². The van der Waals surface area contributed by atoms with Gasteiger partial charge in [0.15, 0.2) is 0 Å². The van der Waals surface area contributed by atoms with Gasteiger partial charge in [-0.2, -0.15) is 0 Å². The fourth-order valence-corrected chi connectivity index (χ4v) is 3.56. The molecule has 0 saturated heterocycles. The molecule has 0 heterocycles. The predicted molar refractivity (Wildman–Crippen MR) is 84.7 cm³/mol. The Morgan fingerprint density at radius 1 is 1.15 bits per heavy atom. The number of hydrogen-bond donors (Lipinski definition) is 1. The summed E-state index contributed by atoms with van der Waals surface area (Å²) >= 11 is 0. The summed E-state index contributed by atoms with van der Waals surface area (Å²) in [7, 11) is 0. The van der Waals surface area contributed by atoms with Crippen molar-refractivity contribution >= 4 is 0 Å². The molecular formula is C18H29NO. The Bertz CT molecular complexity index is 386. The molecule has 2 nitrogen and oxygen atoms in total. The average Bonchev–Trinajstić information content (AvgIpc) is 2.48. The van der Waals surface area contributed by atoms with Gasteiger partial charge >= 0.3 is 0 Å². The van der Waals surface area contributed by atoms with E-state index in [-0.39, 0.29) is 0 Å². The van der Waals surface area contributed by atoms with E-state index >= 15 is 0 Å². The molecule has 0 amide bonds. The maximum Gasteiger partial charge on any atom is 0.0720 e. The van der Waals surface area contributed by atoms with E-state index < -0.39 is 0 Å². The minimum Gasteiger partial charge on any atom is -0.373 e. The summed E-state index contributed by atoms with van der Waals surface area (Å²) in [5, 5.41) is 3.71. The molecule has 0 aromatic heterocycles. The van der Waals surface area contributed by atoms with Crippen molar-refractivity contribution in [1.29, 1.82) is 0 Å². The summed E-state index contributed by atoms with van der Waals surface area (Å²) in [6, 6.07) is 11.1. The van der Waals surface area contributed by atoms with Gasteiger partial charge in [0, 0.05) is 11.5 Å². The first kappa shape index (κ1) is 15.5. The lowest BCUT2D eigenvalue weighted by atomic mass is 9.58. The van der Waals surface area contributed by atoms with Gasteiger partial charge in [-0.15, -0.1) is 0 Å². The molecule has 2 atom stereocenters. The Morgan fingerprint density at radius 2 is 1.85 bits per heavy atom. The van der Waals surface area contributed by atoms with E-state index in [9.17, 15) is 0 Å². The van der Waals surface area contributed by atoms with Crippen molar-refractivity contribution in [3.05, 3.63) is 35.9 Å². The first-order chi connectivity index (χ1) is 9.76. The summed E-state index contributed by atoms with van der Waals surface area (Å²) < 4.78 is 6.23. The van der Waals surface area contributed by atoms with Crippen LogP contribution in [0.25, 0.3) is 0 Å². The molecule has 2 unspecified atom stereocenters. The highest BCUT2D eigenvalue weighted by molar-refractivity contribution is 5.14. The minimum absolute atomic E-state index is 0.337. The SMILES string of the molecule is CCCNC1CC(OCc2ccccc2)C1(CC)CC. The van der Waals surface area contributed by atoms with Gasteiger partial charge in [0.05, 0.1) is 12.7 Å². The van der Waals surface area contributed by atoms with Gasteiger partial charge in [-0.25, -0.2) is 0 Å². The van der Waals surface area contributed by atoms with Gasteiger partial charge in [0.1, 0.15) is 0 Å². The molecule has 20 heavy (non-hydrogen) atoms. The van der Waals surface area contributed by atoms with E-state index in [1.807, 2.05) is 0 Å². The van der Waals surface area contributed by atoms with Crippen LogP contribution in [0.4, 0.5) is 0 Å². The van der Waals surface area contributed by atoms with Crippen molar-refractivity contribution in [2.24, 2.45) is 5.41 Å². The second-order valence-corrected chi connectivity index (χ2v) is 5.97. The van der Waals surface area contributed by atoms with E-state index in [4.69, 9.17) is 4.74 Å². The molecule has 1 aromatic rings. The second kappa shape index (κ2) is 7.24. The molecule has 2 rings (SSSR count). The fourth-order valence-electron chi connectivity index (χ4n) is 3.56. The third-order valence-corrected chi connectivity index (χ3v) is 5.04. The maximum absolute atomic E-state index is 6.23. The van der Waals surface area contributed by atoms with Crippen molar-refractivity contribution in [3.63, 3.8) is 0 Å². The fraction of sp³-hybridized carbons (Fsp3) is 0.667. The Labute approximate surface area is 123 Å². The van der Waals surface area contributed by atoms with Crippen LogP contribution in [0, 0.1) is 5.41 Å². The third kappa shape index (κ3) is 3.07. The zero-order chi connectivity index (χ0) is 14.4. The monoisotopic (exact) mass is 275 g/mol. The van der Waals surface area contributed by atoms with Crippen LogP contribution in [0.15, 0.2) is 30.3 Å². The lowest BCUT2D eigenvalue weighted by Gasteiger charge is -2.55. The van der Waals surface area contributed by atoms with E-state index in [0.717, 1.165) is 19.6 Å². The van der Waals surface area contributed by atoms with E-state index in [1.165, 1.54) is 24.8 Å². The standard InChI is InChI=1S/C18H29NO/c1-4-12-19-16-13-17(18(16,5-2)6-3)20-14-15-10-8-7-9-11-15/h7-11,16-17,19H,4-6,12-14H2,1-3H3. The zero-order valence-corrected chi connectivity index (χ0v) is 13.2. The summed E-state index contributed by atoms with van der Waals surface area (Å²) in [4.78, 5) is 0. The number of hydrogen-bond acceptors (Lipinski definition) is 2. The molecule has 0 bridgehead atoms. The Balaban J connectivity index is 1.91. The highest BCUT2D eigenvalue weighted by Gasteiger charge is 2.52. The molecule has 2 heteroatoms. The topological polar surface area (TPSA) is 21.3 Å². The first-order valence-electron chi connectivity index (χ1n) is 8.15. The summed E-state index contributed by atoms with van der Waals surface area (Å²) in [5.74, 6) is 0. The largest absolute Gasteiger partial charge is 0.373 e. The van der Waals surface area contributed by atoms with E-state index in [1.54, 1.807) is 0 Å². The first-order valence-corrected chi connectivity index (χ1v) is 8.15. The molecule has 1 saturated carbocycles. The second-order valence-electron chi connectivity index (χ2n) is 5.97. The Kier molecular flexibility index (Phi) is 5.62. The zero-order valence-electron chi connectivity index (χ0n) is 13.2. The smallest absolute Gasteiger partial charge is 0.0720 e. The molecule has 1 aliphatic carbocycles. The van der Waals surface area contributed by atoms with Gasteiger partial charge in [-0.3, -0.25) is 0 Å². The Morgan fingerprint density at radius 3 is 2.45 bits per heavy atom. The van der Waals surface area contributed by atoms with Crippen molar-refractivity contribution in [1.82, 2.24) is 5.32 Å². The lowest BCUT2D eigenvalue weighted by Crippen LogP contribution is -2.63. The maximum atomic E-state index is 6.23. The molecular weight excluding hydrogens is 246 g/mol.